The average Bonchev–Trinajstić information content (AvgIpc) is 2.67. The van der Waals surface area contributed by atoms with Crippen molar-refractivity contribution in [3.05, 3.63) is 12.2 Å². The van der Waals surface area contributed by atoms with E-state index < -0.39 is 12.1 Å². The summed E-state index contributed by atoms with van der Waals surface area (Å²) in [4.78, 5) is 12.0. The quantitative estimate of drug-likeness (QED) is 0.210. The van der Waals surface area contributed by atoms with Crippen molar-refractivity contribution in [1.82, 2.24) is 5.32 Å². The topological polar surface area (TPSA) is 69.6 Å². The van der Waals surface area contributed by atoms with Gasteiger partial charge in [0, 0.05) is 6.42 Å². The van der Waals surface area contributed by atoms with E-state index in [1.165, 1.54) is 57.8 Å². The summed E-state index contributed by atoms with van der Waals surface area (Å²) < 4.78 is 0. The summed E-state index contributed by atoms with van der Waals surface area (Å²) in [5.41, 5.74) is 0. The fraction of sp³-hybridized carbons (Fsp3) is 0.870. The van der Waals surface area contributed by atoms with Gasteiger partial charge in [-0.15, -0.1) is 0 Å². The Morgan fingerprint density at radius 1 is 0.852 bits per heavy atom. The van der Waals surface area contributed by atoms with Crippen LogP contribution in [0.1, 0.15) is 110 Å². The summed E-state index contributed by atoms with van der Waals surface area (Å²) in [5.74, 6) is -0.0778. The number of rotatable bonds is 19. The molecule has 27 heavy (non-hydrogen) atoms. The number of allylic oxidation sites excluding steroid dienone is 1. The van der Waals surface area contributed by atoms with Crippen LogP contribution in [-0.2, 0) is 4.79 Å². The van der Waals surface area contributed by atoms with Crippen LogP contribution >= 0.6 is 0 Å². The predicted molar refractivity (Wildman–Crippen MR) is 115 cm³/mol. The highest BCUT2D eigenvalue weighted by molar-refractivity contribution is 5.76. The van der Waals surface area contributed by atoms with E-state index >= 15 is 0 Å². The number of hydrogen-bond donors (Lipinski definition) is 3. The van der Waals surface area contributed by atoms with Crippen LogP contribution in [0.2, 0.25) is 0 Å². The lowest BCUT2D eigenvalue weighted by molar-refractivity contribution is -0.123. The SMILES string of the molecule is CCCC/C=C/C(O)C(CO)NC(=O)CCCCCCCCCCCCC. The maximum atomic E-state index is 12.0. The third-order valence-electron chi connectivity index (χ3n) is 5.02. The van der Waals surface area contributed by atoms with Gasteiger partial charge in [0.25, 0.3) is 0 Å². The van der Waals surface area contributed by atoms with Crippen LogP contribution in [0.15, 0.2) is 12.2 Å². The van der Waals surface area contributed by atoms with Gasteiger partial charge in [0.15, 0.2) is 0 Å². The Labute approximate surface area is 167 Å². The van der Waals surface area contributed by atoms with Gasteiger partial charge >= 0.3 is 0 Å². The number of aliphatic hydroxyl groups excluding tert-OH is 2. The fourth-order valence-corrected chi connectivity index (χ4v) is 3.16. The smallest absolute Gasteiger partial charge is 0.220 e. The Morgan fingerprint density at radius 3 is 1.89 bits per heavy atom. The first kappa shape index (κ1) is 26.1. The fourth-order valence-electron chi connectivity index (χ4n) is 3.16. The minimum Gasteiger partial charge on any atom is -0.394 e. The molecular formula is C23H45NO3. The molecule has 0 aromatic heterocycles. The molecule has 3 N–H and O–H groups in total. The number of hydrogen-bond acceptors (Lipinski definition) is 3. The summed E-state index contributed by atoms with van der Waals surface area (Å²) in [6, 6.07) is -0.608. The summed E-state index contributed by atoms with van der Waals surface area (Å²) >= 11 is 0. The normalized spacial score (nSPS) is 13.8. The minimum absolute atomic E-state index is 0.0778. The van der Waals surface area contributed by atoms with Crippen LogP contribution in [0.5, 0.6) is 0 Å². The van der Waals surface area contributed by atoms with E-state index in [4.69, 9.17) is 0 Å². The van der Waals surface area contributed by atoms with Gasteiger partial charge in [-0.05, 0) is 12.8 Å². The van der Waals surface area contributed by atoms with E-state index in [0.29, 0.717) is 6.42 Å². The van der Waals surface area contributed by atoms with Crippen molar-refractivity contribution in [2.45, 2.75) is 122 Å². The first-order valence-electron chi connectivity index (χ1n) is 11.4. The maximum absolute atomic E-state index is 12.0. The molecule has 0 fully saturated rings. The zero-order chi connectivity index (χ0) is 20.2. The molecule has 0 heterocycles. The third-order valence-corrected chi connectivity index (χ3v) is 5.02. The molecule has 0 spiro atoms. The number of amides is 1. The Bertz CT molecular complexity index is 358. The zero-order valence-corrected chi connectivity index (χ0v) is 17.9. The van der Waals surface area contributed by atoms with E-state index in [0.717, 1.165) is 32.1 Å². The van der Waals surface area contributed by atoms with Gasteiger partial charge in [-0.25, -0.2) is 0 Å². The molecule has 0 rings (SSSR count). The standard InChI is InChI=1S/C23H45NO3/c1-3-5-7-9-10-11-12-13-14-15-17-19-23(27)24-21(20-25)22(26)18-16-8-6-4-2/h16,18,21-22,25-26H,3-15,17,19-20H2,1-2H3,(H,24,27)/b18-16+. The molecule has 2 atom stereocenters. The zero-order valence-electron chi connectivity index (χ0n) is 17.9. The van der Waals surface area contributed by atoms with Crippen LogP contribution in [0.4, 0.5) is 0 Å². The van der Waals surface area contributed by atoms with Gasteiger partial charge in [-0.3, -0.25) is 4.79 Å². The Morgan fingerprint density at radius 2 is 1.37 bits per heavy atom. The van der Waals surface area contributed by atoms with Crippen LogP contribution in [-0.4, -0.2) is 34.9 Å². The molecule has 0 aromatic carbocycles. The Balaban J connectivity index is 3.66. The monoisotopic (exact) mass is 383 g/mol. The molecule has 0 aliphatic carbocycles. The lowest BCUT2D eigenvalue weighted by Gasteiger charge is -2.19. The molecule has 0 aromatic rings. The minimum atomic E-state index is -0.826. The van der Waals surface area contributed by atoms with E-state index in [1.54, 1.807) is 6.08 Å². The van der Waals surface area contributed by atoms with Crippen molar-refractivity contribution in [1.29, 1.82) is 0 Å². The lowest BCUT2D eigenvalue weighted by atomic mass is 10.0. The van der Waals surface area contributed by atoms with Gasteiger partial charge in [0.1, 0.15) is 0 Å². The van der Waals surface area contributed by atoms with Gasteiger partial charge in [0.05, 0.1) is 18.8 Å². The number of aliphatic hydroxyl groups is 2. The molecule has 0 saturated heterocycles. The molecule has 4 heteroatoms. The summed E-state index contributed by atoms with van der Waals surface area (Å²) in [6.07, 6.45) is 20.2. The molecule has 2 unspecified atom stereocenters. The van der Waals surface area contributed by atoms with Crippen molar-refractivity contribution < 1.29 is 15.0 Å². The van der Waals surface area contributed by atoms with E-state index in [2.05, 4.69) is 19.2 Å². The highest BCUT2D eigenvalue weighted by Gasteiger charge is 2.17. The molecule has 160 valence electrons. The first-order chi connectivity index (χ1) is 13.2. The number of carbonyl (C=O) groups excluding carboxylic acids is 1. The lowest BCUT2D eigenvalue weighted by Crippen LogP contribution is -2.45. The van der Waals surface area contributed by atoms with Gasteiger partial charge in [-0.2, -0.15) is 0 Å². The molecule has 0 aliphatic heterocycles. The van der Waals surface area contributed by atoms with Crippen molar-refractivity contribution >= 4 is 5.91 Å². The van der Waals surface area contributed by atoms with Crippen LogP contribution in [0.25, 0.3) is 0 Å². The number of carbonyl (C=O) groups is 1. The molecule has 0 aliphatic rings. The van der Waals surface area contributed by atoms with Crippen molar-refractivity contribution in [2.75, 3.05) is 6.61 Å². The summed E-state index contributed by atoms with van der Waals surface area (Å²) in [6.45, 7) is 4.12. The number of nitrogens with one attached hydrogen (secondary N) is 1. The Hall–Kier alpha value is -0.870. The van der Waals surface area contributed by atoms with E-state index in [1.807, 2.05) is 6.08 Å². The highest BCUT2D eigenvalue weighted by atomic mass is 16.3. The van der Waals surface area contributed by atoms with Gasteiger partial charge in [-0.1, -0.05) is 103 Å². The van der Waals surface area contributed by atoms with Gasteiger partial charge < -0.3 is 15.5 Å². The van der Waals surface area contributed by atoms with Crippen LogP contribution in [0, 0.1) is 0 Å². The van der Waals surface area contributed by atoms with Gasteiger partial charge in [0.2, 0.25) is 5.91 Å². The molecule has 0 bridgehead atoms. The molecular weight excluding hydrogens is 338 g/mol. The summed E-state index contributed by atoms with van der Waals surface area (Å²) in [7, 11) is 0. The van der Waals surface area contributed by atoms with Crippen LogP contribution in [0.3, 0.4) is 0 Å². The molecule has 0 radical (unpaired) electrons. The van der Waals surface area contributed by atoms with E-state index in [9.17, 15) is 15.0 Å². The van der Waals surface area contributed by atoms with Crippen LogP contribution < -0.4 is 5.32 Å². The molecule has 4 nitrogen and oxygen atoms in total. The second-order valence-corrected chi connectivity index (χ2v) is 7.70. The van der Waals surface area contributed by atoms with Crippen molar-refractivity contribution in [3.8, 4) is 0 Å². The predicted octanol–water partition coefficient (Wildman–Crippen LogP) is 5.27. The third kappa shape index (κ3) is 17.0. The average molecular weight is 384 g/mol. The maximum Gasteiger partial charge on any atom is 0.220 e. The second kappa shape index (κ2) is 19.9. The number of unbranched alkanes of at least 4 members (excludes halogenated alkanes) is 12. The highest BCUT2D eigenvalue weighted by Crippen LogP contribution is 2.12. The second-order valence-electron chi connectivity index (χ2n) is 7.70. The molecule has 1 amide bonds. The van der Waals surface area contributed by atoms with Crippen molar-refractivity contribution in [3.63, 3.8) is 0 Å². The Kier molecular flexibility index (Phi) is 19.2. The largest absolute Gasteiger partial charge is 0.394 e. The molecule has 0 saturated carbocycles. The van der Waals surface area contributed by atoms with Crippen molar-refractivity contribution in [2.24, 2.45) is 0 Å². The van der Waals surface area contributed by atoms with E-state index in [-0.39, 0.29) is 12.5 Å². The summed E-state index contributed by atoms with van der Waals surface area (Å²) in [5, 5.41) is 22.2. The first-order valence-corrected chi connectivity index (χ1v) is 11.4.